The molecule has 22 heavy (non-hydrogen) atoms. The summed E-state index contributed by atoms with van der Waals surface area (Å²) in [6.07, 6.45) is 5.47. The zero-order valence-corrected chi connectivity index (χ0v) is 17.3. The number of hydrogen-bond donors (Lipinski definition) is 1. The first-order valence-electron chi connectivity index (χ1n) is 9.15. The highest BCUT2D eigenvalue weighted by Gasteiger charge is 2.39. The van der Waals surface area contributed by atoms with Crippen molar-refractivity contribution in [1.29, 1.82) is 0 Å². The van der Waals surface area contributed by atoms with E-state index in [-0.39, 0.29) is 8.07 Å². The van der Waals surface area contributed by atoms with E-state index in [9.17, 15) is 0 Å². The third-order valence-corrected chi connectivity index (χ3v) is 8.63. The van der Waals surface area contributed by atoms with E-state index < -0.39 is 0 Å². The Hall–Kier alpha value is 0.310. The van der Waals surface area contributed by atoms with Gasteiger partial charge in [-0.1, -0.05) is 41.0 Å². The molecule has 0 aromatic rings. The summed E-state index contributed by atoms with van der Waals surface area (Å²) in [6, 6.07) is 1.42. The molecular formula is C18H41N3P+. The highest BCUT2D eigenvalue weighted by atomic mass is 31.1. The maximum absolute atomic E-state index is 3.99. The van der Waals surface area contributed by atoms with Crippen molar-refractivity contribution in [3.63, 3.8) is 0 Å². The Balaban J connectivity index is 2.64. The molecule has 3 nitrogen and oxygen atoms in total. The first-order valence-corrected chi connectivity index (χ1v) is 10.6. The number of rotatable bonds is 7. The van der Waals surface area contributed by atoms with Crippen LogP contribution in [0.2, 0.25) is 0 Å². The van der Waals surface area contributed by atoms with Gasteiger partial charge >= 0.3 is 0 Å². The minimum absolute atomic E-state index is 0.0508. The lowest BCUT2D eigenvalue weighted by Gasteiger charge is -2.44. The first kappa shape index (κ1) is 20.4. The standard InChI is InChI=1S/C18H41N3P/c1-9-20(10-2)14-16-12-11-13-17(19-16)15-22(18(3,4)5)21(6,7)8/h16-17,19H,9-15H2,1-8H3/q+1. The molecule has 0 saturated carbocycles. The molecule has 0 amide bonds. The fourth-order valence-electron chi connectivity index (χ4n) is 3.82. The topological polar surface area (TPSA) is 15.3 Å². The van der Waals surface area contributed by atoms with E-state index >= 15 is 0 Å². The van der Waals surface area contributed by atoms with Crippen LogP contribution in [0, 0.1) is 0 Å². The highest BCUT2D eigenvalue weighted by molar-refractivity contribution is 7.53. The molecule has 1 N–H and O–H groups in total. The van der Waals surface area contributed by atoms with Gasteiger partial charge in [-0.25, -0.2) is 0 Å². The summed E-state index contributed by atoms with van der Waals surface area (Å²) in [5, 5.41) is 4.41. The lowest BCUT2D eigenvalue weighted by Crippen LogP contribution is -2.51. The van der Waals surface area contributed by atoms with Crippen molar-refractivity contribution in [2.24, 2.45) is 0 Å². The van der Waals surface area contributed by atoms with E-state index in [2.05, 4.69) is 66.0 Å². The summed E-state index contributed by atoms with van der Waals surface area (Å²) in [7, 11) is 7.10. The average Bonchev–Trinajstić information content (AvgIpc) is 2.40. The SMILES string of the molecule is CCN(CC)CC1CCCC(CP(C(C)(C)C)[N+](C)(C)C)N1. The van der Waals surface area contributed by atoms with Crippen LogP contribution in [0.4, 0.5) is 0 Å². The first-order chi connectivity index (χ1) is 10.1. The van der Waals surface area contributed by atoms with E-state index in [4.69, 9.17) is 0 Å². The van der Waals surface area contributed by atoms with Gasteiger partial charge in [0.25, 0.3) is 0 Å². The quantitative estimate of drug-likeness (QED) is 0.715. The summed E-state index contributed by atoms with van der Waals surface area (Å²) in [4.78, 5) is 2.56. The second-order valence-electron chi connectivity index (χ2n) is 8.67. The van der Waals surface area contributed by atoms with Crippen LogP contribution in [-0.4, -0.2) is 73.3 Å². The molecule has 1 heterocycles. The Morgan fingerprint density at radius 1 is 1.05 bits per heavy atom. The van der Waals surface area contributed by atoms with Crippen LogP contribution < -0.4 is 5.32 Å². The van der Waals surface area contributed by atoms with Gasteiger partial charge in [0.15, 0.2) is 0 Å². The molecule has 1 aliphatic rings. The van der Waals surface area contributed by atoms with Crippen molar-refractivity contribution < 1.29 is 4.25 Å². The molecule has 1 rings (SSSR count). The molecule has 1 fully saturated rings. The summed E-state index contributed by atoms with van der Waals surface area (Å²) < 4.78 is 1.12. The van der Waals surface area contributed by atoms with Crippen molar-refractivity contribution in [2.75, 3.05) is 46.9 Å². The number of quaternary nitrogens is 1. The number of hydrogen-bond acceptors (Lipinski definition) is 2. The molecule has 0 spiro atoms. The fourth-order valence-corrected chi connectivity index (χ4v) is 7.36. The number of likely N-dealkylation sites (N-methyl/N-ethyl adjacent to an activating group) is 1. The summed E-state index contributed by atoms with van der Waals surface area (Å²) in [5.74, 6) is 0. The molecule has 0 aromatic carbocycles. The van der Waals surface area contributed by atoms with E-state index in [0.717, 1.165) is 10.3 Å². The fraction of sp³-hybridized carbons (Fsp3) is 1.00. The van der Waals surface area contributed by atoms with Gasteiger partial charge in [0.2, 0.25) is 0 Å². The van der Waals surface area contributed by atoms with Gasteiger partial charge in [0, 0.05) is 29.9 Å². The highest BCUT2D eigenvalue weighted by Crippen LogP contribution is 2.55. The van der Waals surface area contributed by atoms with Crippen molar-refractivity contribution in [3.8, 4) is 0 Å². The average molecular weight is 331 g/mol. The Bertz CT molecular complexity index is 301. The number of nitrogens with zero attached hydrogens (tertiary/aromatic N) is 2. The third kappa shape index (κ3) is 6.43. The van der Waals surface area contributed by atoms with Gasteiger partial charge in [0.05, 0.1) is 21.1 Å². The van der Waals surface area contributed by atoms with Crippen molar-refractivity contribution >= 4 is 8.07 Å². The van der Waals surface area contributed by atoms with Gasteiger partial charge in [-0.2, -0.15) is 0 Å². The second-order valence-corrected chi connectivity index (χ2v) is 12.4. The zero-order valence-electron chi connectivity index (χ0n) is 16.4. The van der Waals surface area contributed by atoms with E-state index in [1.54, 1.807) is 0 Å². The molecule has 0 aromatic heterocycles. The Kier molecular flexibility index (Phi) is 7.79. The minimum atomic E-state index is -0.0508. The normalized spacial score (nSPS) is 25.5. The molecule has 1 aliphatic heterocycles. The lowest BCUT2D eigenvalue weighted by atomic mass is 9.99. The van der Waals surface area contributed by atoms with Crippen LogP contribution in [0.1, 0.15) is 53.9 Å². The van der Waals surface area contributed by atoms with Crippen LogP contribution in [0.25, 0.3) is 0 Å². The summed E-state index contributed by atoms with van der Waals surface area (Å²) in [6.45, 7) is 15.4. The molecule has 0 radical (unpaired) electrons. The van der Waals surface area contributed by atoms with E-state index in [0.29, 0.717) is 11.2 Å². The van der Waals surface area contributed by atoms with E-state index in [1.807, 2.05) is 0 Å². The van der Waals surface area contributed by atoms with Gasteiger partial charge in [0.1, 0.15) is 8.07 Å². The van der Waals surface area contributed by atoms with Gasteiger partial charge < -0.3 is 14.5 Å². The van der Waals surface area contributed by atoms with Crippen LogP contribution >= 0.6 is 8.07 Å². The molecule has 0 aliphatic carbocycles. The summed E-state index contributed by atoms with van der Waals surface area (Å²) >= 11 is 0. The molecule has 3 unspecified atom stereocenters. The molecule has 132 valence electrons. The van der Waals surface area contributed by atoms with Crippen molar-refractivity contribution in [1.82, 2.24) is 10.2 Å². The van der Waals surface area contributed by atoms with Gasteiger partial charge in [-0.3, -0.25) is 0 Å². The van der Waals surface area contributed by atoms with Crippen LogP contribution in [0.15, 0.2) is 0 Å². The molecule has 4 heteroatoms. The maximum atomic E-state index is 3.99. The second kappa shape index (κ2) is 8.42. The van der Waals surface area contributed by atoms with Crippen LogP contribution in [0.5, 0.6) is 0 Å². The molecule has 1 saturated heterocycles. The largest absolute Gasteiger partial charge is 0.317 e. The molecule has 0 bridgehead atoms. The van der Waals surface area contributed by atoms with Crippen molar-refractivity contribution in [3.05, 3.63) is 0 Å². The Morgan fingerprint density at radius 2 is 1.59 bits per heavy atom. The predicted octanol–water partition coefficient (Wildman–Crippen LogP) is 3.74. The minimum Gasteiger partial charge on any atom is -0.317 e. The Morgan fingerprint density at radius 3 is 2.05 bits per heavy atom. The zero-order chi connectivity index (χ0) is 17.0. The van der Waals surface area contributed by atoms with Gasteiger partial charge in [-0.15, -0.1) is 0 Å². The lowest BCUT2D eigenvalue weighted by molar-refractivity contribution is -0.741. The molecular weight excluding hydrogens is 289 g/mol. The third-order valence-electron chi connectivity index (χ3n) is 4.84. The monoisotopic (exact) mass is 330 g/mol. The number of nitrogens with one attached hydrogen (secondary N) is 1. The predicted molar refractivity (Wildman–Crippen MR) is 102 cm³/mol. The van der Waals surface area contributed by atoms with Crippen molar-refractivity contribution in [2.45, 2.75) is 71.1 Å². The summed E-state index contributed by atoms with van der Waals surface area (Å²) in [5.41, 5.74) is 0. The van der Waals surface area contributed by atoms with Gasteiger partial charge in [-0.05, 0) is 25.9 Å². The smallest absolute Gasteiger partial charge is 0.110 e. The molecule has 3 atom stereocenters. The van der Waals surface area contributed by atoms with Crippen LogP contribution in [-0.2, 0) is 0 Å². The Labute approximate surface area is 141 Å². The van der Waals surface area contributed by atoms with Crippen LogP contribution in [0.3, 0.4) is 0 Å². The maximum Gasteiger partial charge on any atom is 0.110 e. The number of piperidine rings is 1. The van der Waals surface area contributed by atoms with E-state index in [1.165, 1.54) is 45.1 Å².